The van der Waals surface area contributed by atoms with E-state index in [2.05, 4.69) is 0 Å². The first-order chi connectivity index (χ1) is 5.09. The van der Waals surface area contributed by atoms with Gasteiger partial charge in [0.15, 0.2) is 0 Å². The van der Waals surface area contributed by atoms with Crippen molar-refractivity contribution in [2.75, 3.05) is 0 Å². The third kappa shape index (κ3) is 2.66. The van der Waals surface area contributed by atoms with Crippen LogP contribution in [0.4, 0.5) is 0 Å². The van der Waals surface area contributed by atoms with Crippen LogP contribution in [0.1, 0.15) is 21.5 Å². The van der Waals surface area contributed by atoms with Crippen molar-refractivity contribution in [1.82, 2.24) is 0 Å². The van der Waals surface area contributed by atoms with Gasteiger partial charge in [-0.15, -0.1) is 17.0 Å². The third-order valence-corrected chi connectivity index (χ3v) is 1.47. The van der Waals surface area contributed by atoms with E-state index in [-0.39, 0.29) is 17.0 Å². The number of hydrogen-bond acceptors (Lipinski definition) is 1. The lowest BCUT2D eigenvalue weighted by Gasteiger charge is -1.98. The number of carboxylic acid groups (broad SMARTS) is 1. The highest BCUT2D eigenvalue weighted by Gasteiger charge is 2.02. The van der Waals surface area contributed by atoms with E-state index in [9.17, 15) is 4.79 Å². The molecule has 0 aromatic heterocycles. The van der Waals surface area contributed by atoms with E-state index in [1.807, 2.05) is 19.9 Å². The number of carbonyl (C=O) groups is 1. The number of rotatable bonds is 1. The van der Waals surface area contributed by atoms with Crippen LogP contribution < -0.4 is 0 Å². The predicted octanol–water partition coefficient (Wildman–Crippen LogP) is 2.58. The normalized spacial score (nSPS) is 8.83. The molecule has 0 fully saturated rings. The molecule has 0 atom stereocenters. The molecule has 1 aromatic carbocycles. The molecule has 2 nitrogen and oxygen atoms in total. The van der Waals surface area contributed by atoms with Crippen LogP contribution in [0.3, 0.4) is 0 Å². The van der Waals surface area contributed by atoms with Gasteiger partial charge in [-0.2, -0.15) is 0 Å². The van der Waals surface area contributed by atoms with Crippen LogP contribution in [0, 0.1) is 13.8 Å². The van der Waals surface area contributed by atoms with Crippen molar-refractivity contribution in [2.45, 2.75) is 13.8 Å². The Hall–Kier alpha value is -0.830. The van der Waals surface area contributed by atoms with Crippen molar-refractivity contribution in [1.29, 1.82) is 0 Å². The monoisotopic (exact) mass is 230 g/mol. The average Bonchev–Trinajstić information content (AvgIpc) is 1.85. The Bertz CT molecular complexity index is 274. The van der Waals surface area contributed by atoms with Crippen LogP contribution in [0.25, 0.3) is 0 Å². The highest BCUT2D eigenvalue weighted by molar-refractivity contribution is 8.93. The molecular formula is C9H11BrO2. The summed E-state index contributed by atoms with van der Waals surface area (Å²) in [6.07, 6.45) is 0. The van der Waals surface area contributed by atoms with E-state index in [0.29, 0.717) is 5.56 Å². The molecule has 1 N–H and O–H groups in total. The molecule has 0 heterocycles. The van der Waals surface area contributed by atoms with Crippen LogP contribution in [-0.2, 0) is 0 Å². The van der Waals surface area contributed by atoms with E-state index in [4.69, 9.17) is 5.11 Å². The van der Waals surface area contributed by atoms with Gasteiger partial charge in [0.2, 0.25) is 0 Å². The Kier molecular flexibility index (Phi) is 3.96. The molecular weight excluding hydrogens is 220 g/mol. The minimum atomic E-state index is -0.864. The van der Waals surface area contributed by atoms with E-state index in [0.717, 1.165) is 11.1 Å². The minimum Gasteiger partial charge on any atom is -0.478 e. The second kappa shape index (κ2) is 4.26. The molecule has 0 amide bonds. The second-order valence-corrected chi connectivity index (χ2v) is 2.68. The molecule has 0 radical (unpaired) electrons. The first-order valence-electron chi connectivity index (χ1n) is 3.41. The molecule has 0 saturated heterocycles. The number of hydrogen-bond donors (Lipinski definition) is 1. The van der Waals surface area contributed by atoms with Crippen LogP contribution in [0.2, 0.25) is 0 Å². The standard InChI is InChI=1S/C9H10O2.BrH/c1-6-3-7(2)5-8(4-6)9(10)11;/h3-5H,1-2H3,(H,10,11);1H. The smallest absolute Gasteiger partial charge is 0.335 e. The maximum Gasteiger partial charge on any atom is 0.335 e. The fraction of sp³-hybridized carbons (Fsp3) is 0.222. The average molecular weight is 231 g/mol. The molecule has 66 valence electrons. The fourth-order valence-electron chi connectivity index (χ4n) is 1.10. The summed E-state index contributed by atoms with van der Waals surface area (Å²) in [5.74, 6) is -0.864. The van der Waals surface area contributed by atoms with Gasteiger partial charge in [-0.1, -0.05) is 17.2 Å². The lowest BCUT2D eigenvalue weighted by atomic mass is 10.1. The molecule has 3 heteroatoms. The van der Waals surface area contributed by atoms with Crippen molar-refractivity contribution in [2.24, 2.45) is 0 Å². The molecule has 0 aliphatic carbocycles. The molecule has 0 aliphatic heterocycles. The number of carboxylic acids is 1. The zero-order valence-corrected chi connectivity index (χ0v) is 8.71. The van der Waals surface area contributed by atoms with Gasteiger partial charge in [0.05, 0.1) is 5.56 Å². The van der Waals surface area contributed by atoms with Crippen molar-refractivity contribution < 1.29 is 9.90 Å². The minimum absolute atomic E-state index is 0. The Balaban J connectivity index is 0.00000121. The maximum absolute atomic E-state index is 10.5. The van der Waals surface area contributed by atoms with Crippen LogP contribution in [0.15, 0.2) is 18.2 Å². The number of benzene rings is 1. The summed E-state index contributed by atoms with van der Waals surface area (Å²) in [4.78, 5) is 10.5. The molecule has 1 rings (SSSR count). The van der Waals surface area contributed by atoms with Gasteiger partial charge in [0.25, 0.3) is 0 Å². The summed E-state index contributed by atoms with van der Waals surface area (Å²) in [6, 6.07) is 5.27. The van der Waals surface area contributed by atoms with E-state index < -0.39 is 5.97 Å². The van der Waals surface area contributed by atoms with Gasteiger partial charge in [-0.05, 0) is 26.0 Å². The molecule has 0 unspecified atom stereocenters. The van der Waals surface area contributed by atoms with Gasteiger partial charge >= 0.3 is 5.97 Å². The fourth-order valence-corrected chi connectivity index (χ4v) is 1.10. The lowest BCUT2D eigenvalue weighted by Crippen LogP contribution is -1.96. The quantitative estimate of drug-likeness (QED) is 0.806. The first-order valence-corrected chi connectivity index (χ1v) is 3.41. The molecule has 1 aromatic rings. The molecule has 0 saturated carbocycles. The van der Waals surface area contributed by atoms with E-state index >= 15 is 0 Å². The molecule has 12 heavy (non-hydrogen) atoms. The van der Waals surface area contributed by atoms with Gasteiger partial charge in [0.1, 0.15) is 0 Å². The maximum atomic E-state index is 10.5. The van der Waals surface area contributed by atoms with E-state index in [1.54, 1.807) is 12.1 Å². The SMILES string of the molecule is Br.Cc1cc(C)cc(C(=O)O)c1. The van der Waals surface area contributed by atoms with Crippen LogP contribution in [-0.4, -0.2) is 11.1 Å². The molecule has 0 spiro atoms. The zero-order chi connectivity index (χ0) is 8.43. The summed E-state index contributed by atoms with van der Waals surface area (Å²) < 4.78 is 0. The summed E-state index contributed by atoms with van der Waals surface area (Å²) in [6.45, 7) is 3.78. The number of aryl methyl sites for hydroxylation is 2. The van der Waals surface area contributed by atoms with Gasteiger partial charge in [0, 0.05) is 0 Å². The van der Waals surface area contributed by atoms with Gasteiger partial charge in [-0.3, -0.25) is 0 Å². The van der Waals surface area contributed by atoms with Crippen molar-refractivity contribution in [3.63, 3.8) is 0 Å². The lowest BCUT2D eigenvalue weighted by molar-refractivity contribution is 0.0696. The summed E-state index contributed by atoms with van der Waals surface area (Å²) in [7, 11) is 0. The Labute approximate surface area is 82.0 Å². The molecule has 0 bridgehead atoms. The van der Waals surface area contributed by atoms with Crippen LogP contribution in [0.5, 0.6) is 0 Å². The number of halogens is 1. The molecule has 0 aliphatic rings. The number of aromatic carboxylic acids is 1. The summed E-state index contributed by atoms with van der Waals surface area (Å²) >= 11 is 0. The Morgan fingerprint density at radius 2 is 1.58 bits per heavy atom. The zero-order valence-electron chi connectivity index (χ0n) is 7.00. The second-order valence-electron chi connectivity index (χ2n) is 2.68. The van der Waals surface area contributed by atoms with E-state index in [1.165, 1.54) is 0 Å². The highest BCUT2D eigenvalue weighted by Crippen LogP contribution is 2.08. The van der Waals surface area contributed by atoms with Crippen LogP contribution >= 0.6 is 17.0 Å². The van der Waals surface area contributed by atoms with Crippen molar-refractivity contribution in [3.8, 4) is 0 Å². The van der Waals surface area contributed by atoms with Crippen molar-refractivity contribution >= 4 is 23.0 Å². The Morgan fingerprint density at radius 3 is 1.92 bits per heavy atom. The van der Waals surface area contributed by atoms with Crippen molar-refractivity contribution in [3.05, 3.63) is 34.9 Å². The Morgan fingerprint density at radius 1 is 1.17 bits per heavy atom. The predicted molar refractivity (Wildman–Crippen MR) is 53.2 cm³/mol. The summed E-state index contributed by atoms with van der Waals surface area (Å²) in [5.41, 5.74) is 2.34. The third-order valence-electron chi connectivity index (χ3n) is 1.47. The summed E-state index contributed by atoms with van der Waals surface area (Å²) in [5, 5.41) is 8.63. The topological polar surface area (TPSA) is 37.3 Å². The van der Waals surface area contributed by atoms with Gasteiger partial charge in [-0.25, -0.2) is 4.79 Å². The largest absolute Gasteiger partial charge is 0.478 e. The highest BCUT2D eigenvalue weighted by atomic mass is 79.9. The van der Waals surface area contributed by atoms with Gasteiger partial charge < -0.3 is 5.11 Å². The first kappa shape index (κ1) is 11.2.